The summed E-state index contributed by atoms with van der Waals surface area (Å²) in [7, 11) is 0. The molecule has 1 aliphatic rings. The van der Waals surface area contributed by atoms with Gasteiger partial charge in [-0.15, -0.1) is 0 Å². The van der Waals surface area contributed by atoms with E-state index in [1.807, 2.05) is 0 Å². The van der Waals surface area contributed by atoms with Crippen LogP contribution in [0.25, 0.3) is 0 Å². The molecule has 6 nitrogen and oxygen atoms in total. The molecule has 96 valence electrons. The maximum atomic E-state index is 12.1. The molecule has 0 saturated carbocycles. The molecular formula is C13H10N2O4. The van der Waals surface area contributed by atoms with Gasteiger partial charge in [0.1, 0.15) is 0 Å². The van der Waals surface area contributed by atoms with Gasteiger partial charge in [0.05, 0.1) is 16.9 Å². The van der Waals surface area contributed by atoms with Gasteiger partial charge in [0.15, 0.2) is 11.7 Å². The highest BCUT2D eigenvalue weighted by atomic mass is 16.4. The number of Topliss-reactive ketones (excluding diaryl/α,β-unsaturated/α-hetero) is 1. The standard InChI is InChI=1S/C13H10N2O4/c1-2-10(16)15-9-5-3-4-8-11(9)12(17)7(6-14-8)13(18)19/h2-7H,1H2,(H,15,16)(H,18,19). The summed E-state index contributed by atoms with van der Waals surface area (Å²) < 4.78 is 0. The second-order valence-corrected chi connectivity index (χ2v) is 3.85. The Labute approximate surface area is 108 Å². The van der Waals surface area contributed by atoms with E-state index in [2.05, 4.69) is 16.9 Å². The lowest BCUT2D eigenvalue weighted by molar-refractivity contribution is -0.137. The zero-order valence-electron chi connectivity index (χ0n) is 9.79. The molecule has 0 spiro atoms. The largest absolute Gasteiger partial charge is 0.480 e. The van der Waals surface area contributed by atoms with Gasteiger partial charge in [0.2, 0.25) is 5.91 Å². The Balaban J connectivity index is 2.49. The normalized spacial score (nSPS) is 16.6. The second kappa shape index (κ2) is 4.85. The van der Waals surface area contributed by atoms with Crippen LogP contribution in [0.3, 0.4) is 0 Å². The Morgan fingerprint density at radius 3 is 2.79 bits per heavy atom. The fourth-order valence-corrected chi connectivity index (χ4v) is 1.75. The van der Waals surface area contributed by atoms with Crippen LogP contribution in [0.2, 0.25) is 0 Å². The third kappa shape index (κ3) is 2.28. The SMILES string of the molecule is C=CC(=O)Nc1cccc2c1C(=O)C(C(=O)O)C=N2. The van der Waals surface area contributed by atoms with Crippen molar-refractivity contribution in [2.75, 3.05) is 5.32 Å². The number of rotatable bonds is 3. The van der Waals surface area contributed by atoms with Crippen molar-refractivity contribution in [1.82, 2.24) is 0 Å². The number of amides is 1. The molecule has 1 aromatic carbocycles. The molecule has 1 atom stereocenters. The number of carboxylic acids is 1. The van der Waals surface area contributed by atoms with Crippen LogP contribution in [0.5, 0.6) is 0 Å². The zero-order valence-corrected chi connectivity index (χ0v) is 9.79. The smallest absolute Gasteiger partial charge is 0.319 e. The molecule has 0 aliphatic carbocycles. The monoisotopic (exact) mass is 258 g/mol. The average molecular weight is 258 g/mol. The first-order valence-corrected chi connectivity index (χ1v) is 5.42. The van der Waals surface area contributed by atoms with E-state index in [4.69, 9.17) is 5.11 Å². The number of anilines is 1. The van der Waals surface area contributed by atoms with Crippen LogP contribution >= 0.6 is 0 Å². The number of hydrogen-bond acceptors (Lipinski definition) is 4. The Kier molecular flexibility index (Phi) is 3.24. The van der Waals surface area contributed by atoms with Gasteiger partial charge in [-0.2, -0.15) is 0 Å². The summed E-state index contributed by atoms with van der Waals surface area (Å²) in [5, 5.41) is 11.4. The molecule has 1 amide bonds. The Morgan fingerprint density at radius 2 is 2.16 bits per heavy atom. The molecule has 19 heavy (non-hydrogen) atoms. The third-order valence-electron chi connectivity index (χ3n) is 2.64. The number of aliphatic carboxylic acids is 1. The van der Waals surface area contributed by atoms with Crippen molar-refractivity contribution in [3.8, 4) is 0 Å². The summed E-state index contributed by atoms with van der Waals surface area (Å²) in [5.74, 6) is -3.68. The molecule has 1 aromatic rings. The van der Waals surface area contributed by atoms with Gasteiger partial charge < -0.3 is 10.4 Å². The molecule has 0 fully saturated rings. The molecule has 1 aliphatic heterocycles. The topological polar surface area (TPSA) is 95.8 Å². The van der Waals surface area contributed by atoms with Crippen LogP contribution in [0.1, 0.15) is 10.4 Å². The molecular weight excluding hydrogens is 248 g/mol. The van der Waals surface area contributed by atoms with E-state index in [0.717, 1.165) is 12.3 Å². The highest BCUT2D eigenvalue weighted by Gasteiger charge is 2.32. The Morgan fingerprint density at radius 1 is 1.42 bits per heavy atom. The van der Waals surface area contributed by atoms with Gasteiger partial charge in [-0.05, 0) is 18.2 Å². The van der Waals surface area contributed by atoms with E-state index in [1.54, 1.807) is 12.1 Å². The van der Waals surface area contributed by atoms with E-state index < -0.39 is 23.6 Å². The lowest BCUT2D eigenvalue weighted by atomic mass is 9.93. The number of nitrogens with zero attached hydrogens (tertiary/aromatic N) is 1. The van der Waals surface area contributed by atoms with Crippen LogP contribution in [0.15, 0.2) is 35.8 Å². The van der Waals surface area contributed by atoms with Gasteiger partial charge in [-0.1, -0.05) is 12.6 Å². The van der Waals surface area contributed by atoms with E-state index in [9.17, 15) is 14.4 Å². The molecule has 1 heterocycles. The molecule has 2 N–H and O–H groups in total. The Bertz CT molecular complexity index is 619. The van der Waals surface area contributed by atoms with Crippen molar-refractivity contribution >= 4 is 35.2 Å². The minimum Gasteiger partial charge on any atom is -0.480 e. The molecule has 0 saturated heterocycles. The molecule has 0 bridgehead atoms. The fraction of sp³-hybridized carbons (Fsp3) is 0.0769. The van der Waals surface area contributed by atoms with E-state index in [-0.39, 0.29) is 11.3 Å². The predicted octanol–water partition coefficient (Wildman–Crippen LogP) is 1.41. The lowest BCUT2D eigenvalue weighted by Gasteiger charge is -2.17. The van der Waals surface area contributed by atoms with Gasteiger partial charge >= 0.3 is 5.97 Å². The minimum absolute atomic E-state index is 0.104. The Hall–Kier alpha value is -2.76. The fourth-order valence-electron chi connectivity index (χ4n) is 1.75. The van der Waals surface area contributed by atoms with E-state index >= 15 is 0 Å². The van der Waals surface area contributed by atoms with E-state index in [1.165, 1.54) is 6.07 Å². The number of carbonyl (C=O) groups is 3. The van der Waals surface area contributed by atoms with Crippen molar-refractivity contribution in [1.29, 1.82) is 0 Å². The maximum absolute atomic E-state index is 12.1. The van der Waals surface area contributed by atoms with Gasteiger partial charge in [0.25, 0.3) is 0 Å². The first-order valence-electron chi connectivity index (χ1n) is 5.42. The zero-order chi connectivity index (χ0) is 14.0. The van der Waals surface area contributed by atoms with Crippen molar-refractivity contribution < 1.29 is 19.5 Å². The molecule has 6 heteroatoms. The van der Waals surface area contributed by atoms with Crippen LogP contribution in [-0.2, 0) is 9.59 Å². The number of nitrogens with one attached hydrogen (secondary N) is 1. The van der Waals surface area contributed by atoms with Gasteiger partial charge in [-0.25, -0.2) is 0 Å². The van der Waals surface area contributed by atoms with Gasteiger partial charge in [-0.3, -0.25) is 19.4 Å². The second-order valence-electron chi connectivity index (χ2n) is 3.85. The summed E-state index contributed by atoms with van der Waals surface area (Å²) in [6.45, 7) is 3.31. The van der Waals surface area contributed by atoms with Crippen LogP contribution in [0, 0.1) is 5.92 Å². The van der Waals surface area contributed by atoms with Crippen molar-refractivity contribution in [3.05, 3.63) is 36.4 Å². The van der Waals surface area contributed by atoms with Gasteiger partial charge in [0, 0.05) is 6.21 Å². The predicted molar refractivity (Wildman–Crippen MR) is 68.9 cm³/mol. The summed E-state index contributed by atoms with van der Waals surface area (Å²) in [5.41, 5.74) is 0.674. The number of benzene rings is 1. The average Bonchev–Trinajstić information content (AvgIpc) is 2.38. The highest BCUT2D eigenvalue weighted by molar-refractivity contribution is 6.24. The number of aliphatic imine (C=N–C) groups is 1. The summed E-state index contributed by atoms with van der Waals surface area (Å²) >= 11 is 0. The molecule has 0 aromatic heterocycles. The third-order valence-corrected chi connectivity index (χ3v) is 2.64. The van der Waals surface area contributed by atoms with Crippen LogP contribution in [0.4, 0.5) is 11.4 Å². The highest BCUT2D eigenvalue weighted by Crippen LogP contribution is 2.32. The molecule has 1 unspecified atom stereocenters. The van der Waals surface area contributed by atoms with E-state index in [0.29, 0.717) is 5.69 Å². The molecule has 2 rings (SSSR count). The first-order chi connectivity index (χ1) is 9.04. The van der Waals surface area contributed by atoms with Crippen molar-refractivity contribution in [2.45, 2.75) is 0 Å². The molecule has 0 radical (unpaired) electrons. The maximum Gasteiger partial charge on any atom is 0.319 e. The minimum atomic E-state index is -1.32. The van der Waals surface area contributed by atoms with Crippen molar-refractivity contribution in [3.63, 3.8) is 0 Å². The number of fused-ring (bicyclic) bond motifs is 1. The number of carboxylic acid groups (broad SMARTS) is 1. The number of hydrogen-bond donors (Lipinski definition) is 2. The number of ketones is 1. The van der Waals surface area contributed by atoms with Crippen LogP contribution in [-0.4, -0.2) is 29.0 Å². The van der Waals surface area contributed by atoms with Crippen LogP contribution < -0.4 is 5.32 Å². The first kappa shape index (κ1) is 12.7. The quantitative estimate of drug-likeness (QED) is 0.632. The lowest BCUT2D eigenvalue weighted by Crippen LogP contribution is -2.28. The summed E-state index contributed by atoms with van der Waals surface area (Å²) in [4.78, 5) is 38.3. The van der Waals surface area contributed by atoms with Crippen molar-refractivity contribution in [2.24, 2.45) is 10.9 Å². The summed E-state index contributed by atoms with van der Waals surface area (Å²) in [6.07, 6.45) is 2.15. The number of carbonyl (C=O) groups excluding carboxylic acids is 2. The summed E-state index contributed by atoms with van der Waals surface area (Å²) in [6, 6.07) is 4.70.